The van der Waals surface area contributed by atoms with Crippen molar-refractivity contribution < 1.29 is 8.42 Å². The lowest BCUT2D eigenvalue weighted by atomic mass is 10.1. The molecule has 5 nitrogen and oxygen atoms in total. The van der Waals surface area contributed by atoms with Crippen molar-refractivity contribution in [1.29, 1.82) is 0 Å². The van der Waals surface area contributed by atoms with Gasteiger partial charge >= 0.3 is 0 Å². The smallest absolute Gasteiger partial charge is 0.176 e. The van der Waals surface area contributed by atoms with Gasteiger partial charge in [0.2, 0.25) is 0 Å². The Labute approximate surface area is 110 Å². The molecular formula is C13H11N3O2S. The molecule has 0 aliphatic rings. The minimum Gasteiger partial charge on any atom is -0.224 e. The van der Waals surface area contributed by atoms with Crippen molar-refractivity contribution in [3.63, 3.8) is 0 Å². The van der Waals surface area contributed by atoms with Crippen molar-refractivity contribution in [2.45, 2.75) is 4.90 Å². The van der Waals surface area contributed by atoms with Gasteiger partial charge in [0.05, 0.1) is 16.1 Å². The zero-order valence-electron chi connectivity index (χ0n) is 10.2. The first-order valence-electron chi connectivity index (χ1n) is 5.66. The maximum Gasteiger partial charge on any atom is 0.176 e. The average Bonchev–Trinajstić information content (AvgIpc) is 2.81. The number of benzene rings is 1. The molecule has 0 aliphatic carbocycles. The normalized spacial score (nSPS) is 11.8. The summed E-state index contributed by atoms with van der Waals surface area (Å²) in [6.45, 7) is 0. The molecule has 0 atom stereocenters. The van der Waals surface area contributed by atoms with Gasteiger partial charge in [-0.05, 0) is 24.3 Å². The molecular weight excluding hydrogens is 262 g/mol. The summed E-state index contributed by atoms with van der Waals surface area (Å²) >= 11 is 0. The van der Waals surface area contributed by atoms with Gasteiger partial charge in [-0.2, -0.15) is 9.73 Å². The van der Waals surface area contributed by atoms with Gasteiger partial charge < -0.3 is 0 Å². The molecule has 6 heteroatoms. The Hall–Kier alpha value is -2.21. The van der Waals surface area contributed by atoms with E-state index in [1.54, 1.807) is 30.5 Å². The Bertz CT molecular complexity index is 820. The van der Waals surface area contributed by atoms with Gasteiger partial charge in [-0.1, -0.05) is 18.2 Å². The molecule has 0 unspecified atom stereocenters. The van der Waals surface area contributed by atoms with E-state index in [0.717, 1.165) is 5.52 Å². The van der Waals surface area contributed by atoms with Gasteiger partial charge in [0, 0.05) is 18.0 Å². The SMILES string of the molecule is CS(=O)(=O)c1ccccc1-c1cc2cccnn2n1. The van der Waals surface area contributed by atoms with Gasteiger partial charge in [-0.15, -0.1) is 5.10 Å². The monoisotopic (exact) mass is 273 g/mol. The van der Waals surface area contributed by atoms with Crippen LogP contribution in [0.5, 0.6) is 0 Å². The summed E-state index contributed by atoms with van der Waals surface area (Å²) in [5.74, 6) is 0. The molecule has 0 bridgehead atoms. The molecule has 2 heterocycles. The minimum absolute atomic E-state index is 0.276. The highest BCUT2D eigenvalue weighted by molar-refractivity contribution is 7.90. The lowest BCUT2D eigenvalue weighted by molar-refractivity contribution is 0.602. The molecule has 3 aromatic rings. The number of rotatable bonds is 2. The first-order valence-corrected chi connectivity index (χ1v) is 7.55. The Morgan fingerprint density at radius 3 is 2.63 bits per heavy atom. The fraction of sp³-hybridized carbons (Fsp3) is 0.0769. The summed E-state index contributed by atoms with van der Waals surface area (Å²) in [5.41, 5.74) is 2.01. The van der Waals surface area contributed by atoms with Crippen LogP contribution in [0.25, 0.3) is 16.8 Å². The predicted molar refractivity (Wildman–Crippen MR) is 71.5 cm³/mol. The van der Waals surface area contributed by atoms with E-state index in [9.17, 15) is 8.42 Å². The van der Waals surface area contributed by atoms with E-state index >= 15 is 0 Å². The molecule has 1 aromatic carbocycles. The van der Waals surface area contributed by atoms with Gasteiger partial charge in [-0.25, -0.2) is 8.42 Å². The molecule has 0 spiro atoms. The lowest BCUT2D eigenvalue weighted by Crippen LogP contribution is -2.00. The van der Waals surface area contributed by atoms with Crippen molar-refractivity contribution in [3.05, 3.63) is 48.7 Å². The predicted octanol–water partition coefficient (Wildman–Crippen LogP) is 1.80. The average molecular weight is 273 g/mol. The standard InChI is InChI=1S/C13H11N3O2S/c1-19(17,18)13-7-3-2-6-11(13)12-9-10-5-4-8-14-16(10)15-12/h2-9H,1H3. The summed E-state index contributed by atoms with van der Waals surface area (Å²) in [4.78, 5) is 0.276. The minimum atomic E-state index is -3.29. The fourth-order valence-corrected chi connectivity index (χ4v) is 2.87. The zero-order chi connectivity index (χ0) is 13.5. The fourth-order valence-electron chi connectivity index (χ4n) is 1.97. The van der Waals surface area contributed by atoms with Crippen LogP contribution in [-0.4, -0.2) is 29.5 Å². The summed E-state index contributed by atoms with van der Waals surface area (Å²) in [5, 5.41) is 8.37. The van der Waals surface area contributed by atoms with E-state index < -0.39 is 9.84 Å². The van der Waals surface area contributed by atoms with Gasteiger partial charge in [0.25, 0.3) is 0 Å². The molecule has 0 radical (unpaired) electrons. The lowest BCUT2D eigenvalue weighted by Gasteiger charge is -2.04. The van der Waals surface area contributed by atoms with Crippen LogP contribution < -0.4 is 0 Å². The van der Waals surface area contributed by atoms with Crippen LogP contribution in [0, 0.1) is 0 Å². The Balaban J connectivity index is 2.27. The van der Waals surface area contributed by atoms with E-state index in [0.29, 0.717) is 11.3 Å². The van der Waals surface area contributed by atoms with E-state index in [1.807, 2.05) is 18.2 Å². The summed E-state index contributed by atoms with van der Waals surface area (Å²) in [6.07, 6.45) is 2.83. The second-order valence-corrected chi connectivity index (χ2v) is 6.22. The van der Waals surface area contributed by atoms with Crippen molar-refractivity contribution in [1.82, 2.24) is 14.8 Å². The van der Waals surface area contributed by atoms with Crippen LogP contribution in [0.2, 0.25) is 0 Å². The first kappa shape index (κ1) is 11.9. The van der Waals surface area contributed by atoms with E-state index in [2.05, 4.69) is 10.2 Å². The van der Waals surface area contributed by atoms with Crippen LogP contribution in [0.4, 0.5) is 0 Å². The van der Waals surface area contributed by atoms with Crippen LogP contribution >= 0.6 is 0 Å². The van der Waals surface area contributed by atoms with Crippen LogP contribution in [0.15, 0.2) is 53.6 Å². The Morgan fingerprint density at radius 1 is 1.11 bits per heavy atom. The summed E-state index contributed by atoms with van der Waals surface area (Å²) < 4.78 is 25.1. The molecule has 3 rings (SSSR count). The van der Waals surface area contributed by atoms with Crippen LogP contribution in [0.3, 0.4) is 0 Å². The van der Waals surface area contributed by atoms with Gasteiger partial charge in [-0.3, -0.25) is 0 Å². The van der Waals surface area contributed by atoms with E-state index in [1.165, 1.54) is 10.9 Å². The third-order valence-corrected chi connectivity index (χ3v) is 3.96. The highest BCUT2D eigenvalue weighted by Gasteiger charge is 2.16. The molecule has 0 fully saturated rings. The molecule has 2 aromatic heterocycles. The third kappa shape index (κ3) is 2.10. The summed E-state index contributed by atoms with van der Waals surface area (Å²) in [6, 6.07) is 12.3. The number of aromatic nitrogens is 3. The Morgan fingerprint density at radius 2 is 1.89 bits per heavy atom. The van der Waals surface area contributed by atoms with Crippen molar-refractivity contribution in [2.75, 3.05) is 6.26 Å². The maximum absolute atomic E-state index is 11.8. The third-order valence-electron chi connectivity index (χ3n) is 2.81. The molecule has 96 valence electrons. The van der Waals surface area contributed by atoms with E-state index in [-0.39, 0.29) is 4.90 Å². The van der Waals surface area contributed by atoms with Crippen molar-refractivity contribution >= 4 is 15.4 Å². The molecule has 0 saturated carbocycles. The quantitative estimate of drug-likeness (QED) is 0.714. The molecule has 19 heavy (non-hydrogen) atoms. The molecule has 0 N–H and O–H groups in total. The van der Waals surface area contributed by atoms with Crippen LogP contribution in [-0.2, 0) is 9.84 Å². The van der Waals surface area contributed by atoms with Crippen molar-refractivity contribution in [2.24, 2.45) is 0 Å². The molecule has 0 saturated heterocycles. The Kier molecular flexibility index (Phi) is 2.60. The van der Waals surface area contributed by atoms with Crippen LogP contribution in [0.1, 0.15) is 0 Å². The molecule has 0 amide bonds. The van der Waals surface area contributed by atoms with E-state index in [4.69, 9.17) is 0 Å². The number of hydrogen-bond donors (Lipinski definition) is 0. The first-order chi connectivity index (χ1) is 9.05. The number of fused-ring (bicyclic) bond motifs is 1. The van der Waals surface area contributed by atoms with Gasteiger partial charge in [0.15, 0.2) is 9.84 Å². The number of hydrogen-bond acceptors (Lipinski definition) is 4. The second kappa shape index (κ2) is 4.17. The number of nitrogens with zero attached hydrogens (tertiary/aromatic N) is 3. The highest BCUT2D eigenvalue weighted by atomic mass is 32.2. The molecule has 0 aliphatic heterocycles. The second-order valence-electron chi connectivity index (χ2n) is 4.24. The maximum atomic E-state index is 11.8. The summed E-state index contributed by atoms with van der Waals surface area (Å²) in [7, 11) is -3.29. The highest BCUT2D eigenvalue weighted by Crippen LogP contribution is 2.26. The van der Waals surface area contributed by atoms with Gasteiger partial charge in [0.1, 0.15) is 0 Å². The van der Waals surface area contributed by atoms with Crippen molar-refractivity contribution in [3.8, 4) is 11.3 Å². The zero-order valence-corrected chi connectivity index (χ0v) is 11.0. The largest absolute Gasteiger partial charge is 0.224 e. The topological polar surface area (TPSA) is 64.3 Å². The number of sulfone groups is 1.